The van der Waals surface area contributed by atoms with E-state index in [4.69, 9.17) is 0 Å². The minimum atomic E-state index is 0.878. The Bertz CT molecular complexity index is 1680. The van der Waals surface area contributed by atoms with E-state index in [1.165, 1.54) is 412 Å². The third kappa shape index (κ3) is 51.2. The molecule has 0 fully saturated rings. The molecule has 0 amide bonds. The normalized spacial score (nSPS) is 12.3. The van der Waals surface area contributed by atoms with Crippen LogP contribution in [0.25, 0.3) is 16.9 Å². The van der Waals surface area contributed by atoms with Gasteiger partial charge in [-0.3, -0.25) is 0 Å². The molecule has 0 unspecified atom stereocenters. The fraction of sp³-hybridized carbons (Fsp3) is 0.810. The van der Waals surface area contributed by atoms with Gasteiger partial charge in [-0.15, -0.1) is 0 Å². The molecule has 1 heterocycles. The first-order valence-electron chi connectivity index (χ1n) is 39.7. The van der Waals surface area contributed by atoms with Gasteiger partial charge in [0.1, 0.15) is 0 Å². The van der Waals surface area contributed by atoms with Crippen molar-refractivity contribution >= 4 is 11.4 Å². The smallest absolute Gasteiger partial charge is 0.0654 e. The maximum atomic E-state index is 11.3. The zero-order chi connectivity index (χ0) is 62.1. The van der Waals surface area contributed by atoms with Crippen molar-refractivity contribution in [2.75, 3.05) is 0 Å². The van der Waals surface area contributed by atoms with E-state index in [1.54, 1.807) is 0 Å². The molecule has 0 bridgehead atoms. The van der Waals surface area contributed by atoms with Gasteiger partial charge in [0.15, 0.2) is 0 Å². The fourth-order valence-electron chi connectivity index (χ4n) is 13.2. The van der Waals surface area contributed by atoms with Crippen LogP contribution in [0.5, 0.6) is 0 Å². The van der Waals surface area contributed by atoms with E-state index in [-0.39, 0.29) is 0 Å². The summed E-state index contributed by atoms with van der Waals surface area (Å²) in [7, 11) is 0. The Hall–Kier alpha value is -1.99. The Morgan fingerprint density at radius 2 is 0.448 bits per heavy atom. The van der Waals surface area contributed by atoms with Crippen LogP contribution < -0.4 is 0 Å². The average Bonchev–Trinajstić information content (AvgIpc) is 2.46. The number of aryl methyl sites for hydroxylation is 2. The second-order valence-electron chi connectivity index (χ2n) is 27.6. The second-order valence-corrected chi connectivity index (χ2v) is 29.1. The van der Waals surface area contributed by atoms with Gasteiger partial charge in [0.2, 0.25) is 11.4 Å². The van der Waals surface area contributed by atoms with Crippen molar-refractivity contribution in [1.29, 1.82) is 0 Å². The topological polar surface area (TPSA) is 25.3 Å². The molecule has 1 aliphatic rings. The third-order valence-electron chi connectivity index (χ3n) is 19.1. The van der Waals surface area contributed by atoms with Crippen LogP contribution in [0.2, 0.25) is 10.8 Å². The van der Waals surface area contributed by atoms with E-state index in [0.717, 1.165) is 35.4 Å². The van der Waals surface area contributed by atoms with Crippen molar-refractivity contribution in [2.45, 2.75) is 437 Å². The maximum absolute atomic E-state index is 11.3. The van der Waals surface area contributed by atoms with Gasteiger partial charge in [0, 0.05) is 23.3 Å². The number of hydrogen-bond acceptors (Lipinski definition) is 0. The quantitative estimate of drug-likeness (QED) is 0.0358. The second kappa shape index (κ2) is 65.5. The van der Waals surface area contributed by atoms with Gasteiger partial charge in [-0.25, -0.2) is 4.70 Å². The molecule has 0 aliphatic carbocycles. The molecule has 0 saturated carbocycles. The van der Waals surface area contributed by atoms with Gasteiger partial charge in [-0.1, -0.05) is 283 Å². The number of nitrogens with zero attached hydrogens (tertiary/aromatic N) is 2. The van der Waals surface area contributed by atoms with Crippen molar-refractivity contribution in [3.05, 3.63) is 88.5 Å². The summed E-state index contributed by atoms with van der Waals surface area (Å²) in [5, 5.41) is 2.87. The number of benzene rings is 2. The molecule has 2 nitrogen and oxygen atoms in total. The van der Waals surface area contributed by atoms with Crippen molar-refractivity contribution in [3.63, 3.8) is 0 Å². The zero-order valence-electron chi connectivity index (χ0n) is 59.2. The van der Waals surface area contributed by atoms with Crippen LogP contribution in [0.15, 0.2) is 60.7 Å². The first kappa shape index (κ1) is 81.1. The summed E-state index contributed by atoms with van der Waals surface area (Å²) in [6.45, 7) is 9.21. The molecule has 2 aromatic carbocycles. The molecular formula is C84H150N2Ni. The molecule has 0 saturated heterocycles. The molecule has 0 N–H and O–H groups in total. The van der Waals surface area contributed by atoms with Crippen LogP contribution >= 0.6 is 0 Å². The van der Waals surface area contributed by atoms with Gasteiger partial charge in [0.25, 0.3) is 0 Å². The van der Waals surface area contributed by atoms with Crippen molar-refractivity contribution in [3.8, 4) is 0 Å². The molecule has 0 radical (unpaired) electrons. The number of unbranched alkanes of at least 4 members (excludes halogenated alkanes) is 56. The molecule has 3 rings (SSSR count). The molecule has 0 aromatic heterocycles. The molecule has 506 valence electrons. The average molecular weight is 1250 g/mol. The van der Waals surface area contributed by atoms with Gasteiger partial charge in [-0.2, -0.15) is 0 Å². The van der Waals surface area contributed by atoms with Crippen molar-refractivity contribution in [2.24, 2.45) is 0 Å². The summed E-state index contributed by atoms with van der Waals surface area (Å²) in [5.41, 5.74) is 18.0. The number of hydrogen-bond donors (Lipinski definition) is 0. The minimum absolute atomic E-state index is 0.878. The summed E-state index contributed by atoms with van der Waals surface area (Å²) in [5.74, 6) is 0. The Morgan fingerprint density at radius 1 is 0.253 bits per heavy atom. The van der Waals surface area contributed by atoms with Crippen LogP contribution in [-0.2, 0) is 27.3 Å². The zero-order valence-corrected chi connectivity index (χ0v) is 60.2. The number of rotatable bonds is 66. The van der Waals surface area contributed by atoms with Crippen molar-refractivity contribution < 1.29 is 19.1 Å². The van der Waals surface area contributed by atoms with Gasteiger partial charge in [0.05, 0.1) is 0 Å². The van der Waals surface area contributed by atoms with E-state index in [0.29, 0.717) is 0 Å². The molecular weight excluding hydrogens is 1100 g/mol. The van der Waals surface area contributed by atoms with E-state index in [1.807, 2.05) is 14.4 Å². The summed E-state index contributed by atoms with van der Waals surface area (Å²) < 4.78 is 1.41. The van der Waals surface area contributed by atoms with Crippen LogP contribution in [0, 0.1) is 0 Å². The molecule has 87 heavy (non-hydrogen) atoms. The fourth-order valence-corrected chi connectivity index (χ4v) is 14.4. The Labute approximate surface area is 552 Å². The first-order chi connectivity index (χ1) is 43.1. The van der Waals surface area contributed by atoms with Gasteiger partial charge >= 0.3 is 166 Å². The van der Waals surface area contributed by atoms with Crippen LogP contribution in [0.3, 0.4) is 0 Å². The summed E-state index contributed by atoms with van der Waals surface area (Å²) in [4.78, 5) is 0. The Morgan fingerprint density at radius 3 is 0.667 bits per heavy atom. The van der Waals surface area contributed by atoms with Crippen molar-refractivity contribution in [1.82, 2.24) is 0 Å². The van der Waals surface area contributed by atoms with E-state index < -0.39 is 0 Å². The summed E-state index contributed by atoms with van der Waals surface area (Å²) >= 11 is 2.04. The van der Waals surface area contributed by atoms with Gasteiger partial charge in [-0.05, 0) is 61.1 Å². The standard InChI is InChI=1S/C56H92N2.2C14H29.Ni/c1-3-5-7-9-11-13-15-17-19-21-23-25-27-29-31-33-35-37-41-51-43-39-45-53(49-51)55-47-48-56(58(55)57)54-46-40-44-52(50-54)42-38-36-34-32-30-28-26-24-22-20-18-16-14-12-10-8-6-4-2;2*1-3-5-7-9-11-13-14-12-10-8-6-4-2;/h39-40,43-50H,3-38,41-42H2,1-2H3;2*1,3-14H2,2H3;. The predicted octanol–water partition coefficient (Wildman–Crippen LogP) is 30.6. The van der Waals surface area contributed by atoms with Crippen LogP contribution in [0.1, 0.15) is 435 Å². The predicted molar refractivity (Wildman–Crippen MR) is 389 cm³/mol. The Balaban J connectivity index is 0.000000749. The summed E-state index contributed by atoms with van der Waals surface area (Å²) in [6, 6.07) is 17.7. The first-order valence-corrected chi connectivity index (χ1v) is 41.1. The molecule has 3 heteroatoms. The molecule has 1 aliphatic heterocycles. The monoisotopic (exact) mass is 1250 g/mol. The van der Waals surface area contributed by atoms with Gasteiger partial charge < -0.3 is 5.53 Å². The van der Waals surface area contributed by atoms with E-state index in [9.17, 15) is 5.53 Å². The molecule has 2 aromatic rings. The molecule has 0 atom stereocenters. The van der Waals surface area contributed by atoms with Crippen LogP contribution in [-0.4, -0.2) is 4.70 Å². The molecule has 0 spiro atoms. The van der Waals surface area contributed by atoms with E-state index >= 15 is 0 Å². The third-order valence-corrected chi connectivity index (χ3v) is 20.5. The van der Waals surface area contributed by atoms with Crippen LogP contribution in [0.4, 0.5) is 0 Å². The summed E-state index contributed by atoms with van der Waals surface area (Å²) in [6.07, 6.45) is 92.5. The SMILES string of the molecule is CCCCCCCCCCCCCCCCCCCCc1cccc(C2=CC=C(c3cccc(CCCCCCCCCCCCCCCCCCCC)c3)[N+]2=[N-])c1.CCCCCCCCCCCCC[CH2][Ni][CH2]CCCCCCCCCCCCC. The van der Waals surface area contributed by atoms with E-state index in [2.05, 4.69) is 88.4 Å². The number of allylic oxidation sites excluding steroid dienone is 2. The minimum Gasteiger partial charge on any atom is -0.0654 e. The Kier molecular flexibility index (Phi) is 61.1.